The zero-order chi connectivity index (χ0) is 28.5. The Morgan fingerprint density at radius 1 is 0.825 bits per heavy atom. The number of benzene rings is 4. The van der Waals surface area contributed by atoms with Gasteiger partial charge in [-0.1, -0.05) is 28.1 Å². The first-order valence-electron chi connectivity index (χ1n) is 12.2. The number of methoxy groups -OCH3 is 2. The number of fused-ring (bicyclic) bond motifs is 1. The standard InChI is InChI=1S/C30H27BrN2O7/c1-4-38-28-13-19(5-11-26(28)40-30(35)22-8-12-25(36-2)27(16-22)37-3)17-32-33-29(34)18-39-24-10-7-20-14-23(31)9-6-21(20)15-24/h5-17H,4,18H2,1-3H3,(H,33,34). The molecule has 4 rings (SSSR count). The first-order valence-corrected chi connectivity index (χ1v) is 13.0. The monoisotopic (exact) mass is 606 g/mol. The quantitative estimate of drug-likeness (QED) is 0.100. The number of halogens is 1. The second-order valence-corrected chi connectivity index (χ2v) is 9.25. The molecular formula is C30H27BrN2O7. The van der Waals surface area contributed by atoms with Crippen LogP contribution in [0.1, 0.15) is 22.8 Å². The second-order valence-electron chi connectivity index (χ2n) is 8.33. The van der Waals surface area contributed by atoms with Crippen molar-refractivity contribution < 1.29 is 33.3 Å². The Labute approximate surface area is 239 Å². The molecule has 0 fully saturated rings. The lowest BCUT2D eigenvalue weighted by Gasteiger charge is -2.12. The molecule has 206 valence electrons. The van der Waals surface area contributed by atoms with E-state index in [4.69, 9.17) is 23.7 Å². The van der Waals surface area contributed by atoms with Crippen LogP contribution in [0.5, 0.6) is 28.7 Å². The minimum absolute atomic E-state index is 0.200. The number of carbonyl (C=O) groups excluding carboxylic acids is 2. The van der Waals surface area contributed by atoms with Crippen LogP contribution in [0.3, 0.4) is 0 Å². The summed E-state index contributed by atoms with van der Waals surface area (Å²) in [5, 5.41) is 6.05. The summed E-state index contributed by atoms with van der Waals surface area (Å²) in [6, 6.07) is 21.2. The first kappa shape index (κ1) is 28.4. The molecule has 10 heteroatoms. The Morgan fingerprint density at radius 3 is 2.35 bits per heavy atom. The summed E-state index contributed by atoms with van der Waals surface area (Å²) in [6.45, 7) is 1.96. The van der Waals surface area contributed by atoms with Crippen molar-refractivity contribution in [2.75, 3.05) is 27.4 Å². The molecule has 0 heterocycles. The van der Waals surface area contributed by atoms with Crippen LogP contribution < -0.4 is 29.1 Å². The van der Waals surface area contributed by atoms with E-state index in [0.29, 0.717) is 35.2 Å². The third kappa shape index (κ3) is 7.29. The summed E-state index contributed by atoms with van der Waals surface area (Å²) in [5.74, 6) is 1.06. The number of hydrogen-bond acceptors (Lipinski definition) is 8. The molecule has 0 radical (unpaired) electrons. The molecule has 0 spiro atoms. The third-order valence-corrected chi connectivity index (χ3v) is 6.13. The Bertz CT molecular complexity index is 1550. The van der Waals surface area contributed by atoms with Crippen molar-refractivity contribution in [2.24, 2.45) is 5.10 Å². The summed E-state index contributed by atoms with van der Waals surface area (Å²) < 4.78 is 28.3. The number of nitrogens with zero attached hydrogens (tertiary/aromatic N) is 1. The van der Waals surface area contributed by atoms with Gasteiger partial charge in [0, 0.05) is 4.47 Å². The molecule has 1 amide bonds. The van der Waals surface area contributed by atoms with Gasteiger partial charge in [-0.15, -0.1) is 0 Å². The van der Waals surface area contributed by atoms with Gasteiger partial charge in [-0.05, 0) is 83.9 Å². The molecule has 0 aromatic heterocycles. The summed E-state index contributed by atoms with van der Waals surface area (Å²) in [7, 11) is 3.00. The SMILES string of the molecule is CCOc1cc(C=NNC(=O)COc2ccc3cc(Br)ccc3c2)ccc1OC(=O)c1ccc(OC)c(OC)c1. The first-order chi connectivity index (χ1) is 19.4. The summed E-state index contributed by atoms with van der Waals surface area (Å²) in [5.41, 5.74) is 3.34. The summed E-state index contributed by atoms with van der Waals surface area (Å²) in [4.78, 5) is 25.0. The molecule has 0 unspecified atom stereocenters. The van der Waals surface area contributed by atoms with Crippen LogP contribution in [0.15, 0.2) is 82.4 Å². The lowest BCUT2D eigenvalue weighted by molar-refractivity contribution is -0.123. The fraction of sp³-hybridized carbons (Fsp3) is 0.167. The van der Waals surface area contributed by atoms with E-state index in [-0.39, 0.29) is 17.9 Å². The largest absolute Gasteiger partial charge is 0.493 e. The van der Waals surface area contributed by atoms with Crippen LogP contribution in [0.25, 0.3) is 10.8 Å². The molecule has 0 aliphatic rings. The maximum atomic E-state index is 12.8. The van der Waals surface area contributed by atoms with Crippen molar-refractivity contribution in [3.63, 3.8) is 0 Å². The molecule has 0 saturated heterocycles. The Morgan fingerprint density at radius 2 is 1.57 bits per heavy atom. The maximum Gasteiger partial charge on any atom is 0.343 e. The second kappa shape index (κ2) is 13.5. The predicted molar refractivity (Wildman–Crippen MR) is 155 cm³/mol. The number of hydrazone groups is 1. The molecule has 4 aromatic rings. The molecule has 9 nitrogen and oxygen atoms in total. The van der Waals surface area contributed by atoms with Gasteiger partial charge in [0.15, 0.2) is 29.6 Å². The van der Waals surface area contributed by atoms with Gasteiger partial charge in [-0.25, -0.2) is 10.2 Å². The number of amides is 1. The predicted octanol–water partition coefficient (Wildman–Crippen LogP) is 5.77. The fourth-order valence-corrected chi connectivity index (χ4v) is 4.10. The molecule has 0 atom stereocenters. The summed E-state index contributed by atoms with van der Waals surface area (Å²) >= 11 is 3.45. The Balaban J connectivity index is 1.35. The molecule has 4 aromatic carbocycles. The Kier molecular flexibility index (Phi) is 9.58. The molecule has 0 saturated carbocycles. The molecule has 0 bridgehead atoms. The van der Waals surface area contributed by atoms with Crippen LogP contribution in [-0.2, 0) is 4.79 Å². The highest BCUT2D eigenvalue weighted by Crippen LogP contribution is 2.31. The molecule has 0 aliphatic carbocycles. The van der Waals surface area contributed by atoms with Gasteiger partial charge < -0.3 is 23.7 Å². The molecule has 0 aliphatic heterocycles. The van der Waals surface area contributed by atoms with E-state index in [1.165, 1.54) is 26.5 Å². The lowest BCUT2D eigenvalue weighted by Crippen LogP contribution is -2.24. The minimum Gasteiger partial charge on any atom is -0.493 e. The zero-order valence-electron chi connectivity index (χ0n) is 22.1. The van der Waals surface area contributed by atoms with Gasteiger partial charge in [-0.3, -0.25) is 4.79 Å². The molecular weight excluding hydrogens is 580 g/mol. The van der Waals surface area contributed by atoms with Crippen LogP contribution in [0.4, 0.5) is 0 Å². The van der Waals surface area contributed by atoms with E-state index in [9.17, 15) is 9.59 Å². The number of nitrogens with one attached hydrogen (secondary N) is 1. The van der Waals surface area contributed by atoms with Gasteiger partial charge in [0.05, 0.1) is 32.6 Å². The van der Waals surface area contributed by atoms with Crippen molar-refractivity contribution >= 4 is 44.8 Å². The highest BCUT2D eigenvalue weighted by molar-refractivity contribution is 9.10. The van der Waals surface area contributed by atoms with E-state index in [1.54, 1.807) is 36.4 Å². The highest BCUT2D eigenvalue weighted by atomic mass is 79.9. The maximum absolute atomic E-state index is 12.8. The van der Waals surface area contributed by atoms with Gasteiger partial charge >= 0.3 is 5.97 Å². The molecule has 1 N–H and O–H groups in total. The highest BCUT2D eigenvalue weighted by Gasteiger charge is 2.16. The van der Waals surface area contributed by atoms with E-state index < -0.39 is 11.9 Å². The van der Waals surface area contributed by atoms with E-state index in [0.717, 1.165) is 15.2 Å². The van der Waals surface area contributed by atoms with Gasteiger partial charge in [0.2, 0.25) is 0 Å². The van der Waals surface area contributed by atoms with Crippen LogP contribution in [0.2, 0.25) is 0 Å². The average Bonchev–Trinajstić information content (AvgIpc) is 2.97. The van der Waals surface area contributed by atoms with Crippen molar-refractivity contribution in [1.82, 2.24) is 5.43 Å². The summed E-state index contributed by atoms with van der Waals surface area (Å²) in [6.07, 6.45) is 1.45. The minimum atomic E-state index is -0.588. The number of carbonyl (C=O) groups is 2. The van der Waals surface area contributed by atoms with E-state index >= 15 is 0 Å². The average molecular weight is 607 g/mol. The van der Waals surface area contributed by atoms with Crippen molar-refractivity contribution in [2.45, 2.75) is 6.92 Å². The van der Waals surface area contributed by atoms with Gasteiger partial charge in [0.1, 0.15) is 5.75 Å². The molecule has 40 heavy (non-hydrogen) atoms. The van der Waals surface area contributed by atoms with Crippen molar-refractivity contribution in [3.05, 3.63) is 88.4 Å². The number of hydrogen-bond donors (Lipinski definition) is 1. The van der Waals surface area contributed by atoms with Gasteiger partial charge in [-0.2, -0.15) is 5.10 Å². The normalized spacial score (nSPS) is 10.8. The smallest absolute Gasteiger partial charge is 0.343 e. The van der Waals surface area contributed by atoms with Gasteiger partial charge in [0.25, 0.3) is 5.91 Å². The lowest BCUT2D eigenvalue weighted by atomic mass is 10.1. The van der Waals surface area contributed by atoms with E-state index in [1.807, 2.05) is 37.3 Å². The van der Waals surface area contributed by atoms with Crippen LogP contribution in [0, 0.1) is 0 Å². The number of ether oxygens (including phenoxy) is 5. The zero-order valence-corrected chi connectivity index (χ0v) is 23.7. The third-order valence-electron chi connectivity index (χ3n) is 5.64. The number of esters is 1. The van der Waals surface area contributed by atoms with E-state index in [2.05, 4.69) is 26.5 Å². The topological polar surface area (TPSA) is 105 Å². The fourth-order valence-electron chi connectivity index (χ4n) is 3.72. The van der Waals surface area contributed by atoms with Crippen LogP contribution >= 0.6 is 15.9 Å². The number of rotatable bonds is 11. The van der Waals surface area contributed by atoms with Crippen LogP contribution in [-0.4, -0.2) is 45.5 Å². The van der Waals surface area contributed by atoms with Crippen molar-refractivity contribution in [3.8, 4) is 28.7 Å². The Hall–Kier alpha value is -4.57. The van der Waals surface area contributed by atoms with Crippen molar-refractivity contribution in [1.29, 1.82) is 0 Å².